The minimum absolute atomic E-state index is 0.0272. The van der Waals surface area contributed by atoms with Gasteiger partial charge < -0.3 is 5.32 Å². The number of rotatable bonds is 3. The SMILES string of the molecule is CC1CCC(NC(C)(C)c2nccs2)CC1. The Morgan fingerprint density at radius 2 is 2.00 bits per heavy atom. The summed E-state index contributed by atoms with van der Waals surface area (Å²) < 4.78 is 0. The number of hydrogen-bond donors (Lipinski definition) is 1. The average molecular weight is 238 g/mol. The van der Waals surface area contributed by atoms with E-state index in [2.05, 4.69) is 36.5 Å². The number of hydrogen-bond acceptors (Lipinski definition) is 3. The predicted molar refractivity (Wildman–Crippen MR) is 69.7 cm³/mol. The van der Waals surface area contributed by atoms with Crippen LogP contribution >= 0.6 is 11.3 Å². The van der Waals surface area contributed by atoms with Crippen LogP contribution in [-0.4, -0.2) is 11.0 Å². The van der Waals surface area contributed by atoms with Gasteiger partial charge in [0.1, 0.15) is 5.01 Å². The van der Waals surface area contributed by atoms with E-state index in [1.54, 1.807) is 11.3 Å². The molecule has 16 heavy (non-hydrogen) atoms. The van der Waals surface area contributed by atoms with Gasteiger partial charge in [-0.25, -0.2) is 4.98 Å². The maximum atomic E-state index is 4.42. The quantitative estimate of drug-likeness (QED) is 0.871. The van der Waals surface area contributed by atoms with Crippen LogP contribution in [0.2, 0.25) is 0 Å². The van der Waals surface area contributed by atoms with Crippen molar-refractivity contribution in [2.75, 3.05) is 0 Å². The Balaban J connectivity index is 1.94. The van der Waals surface area contributed by atoms with Crippen molar-refractivity contribution >= 4 is 11.3 Å². The first-order valence-electron chi connectivity index (χ1n) is 6.25. The van der Waals surface area contributed by atoms with Gasteiger partial charge in [-0.05, 0) is 45.4 Å². The lowest BCUT2D eigenvalue weighted by atomic mass is 9.86. The number of aromatic nitrogens is 1. The Morgan fingerprint density at radius 3 is 2.56 bits per heavy atom. The highest BCUT2D eigenvalue weighted by atomic mass is 32.1. The van der Waals surface area contributed by atoms with Crippen molar-refractivity contribution in [1.29, 1.82) is 0 Å². The predicted octanol–water partition coefficient (Wildman–Crippen LogP) is 3.55. The van der Waals surface area contributed by atoms with E-state index in [9.17, 15) is 0 Å². The van der Waals surface area contributed by atoms with E-state index in [-0.39, 0.29) is 5.54 Å². The summed E-state index contributed by atoms with van der Waals surface area (Å²) in [6.07, 6.45) is 7.26. The van der Waals surface area contributed by atoms with Gasteiger partial charge in [0.2, 0.25) is 0 Å². The number of nitrogens with zero attached hydrogens (tertiary/aromatic N) is 1. The molecule has 3 heteroatoms. The molecule has 1 saturated carbocycles. The molecule has 90 valence electrons. The van der Waals surface area contributed by atoms with Crippen LogP contribution in [0.4, 0.5) is 0 Å². The highest BCUT2D eigenvalue weighted by Crippen LogP contribution is 2.28. The summed E-state index contributed by atoms with van der Waals surface area (Å²) in [5.41, 5.74) is 0.0272. The molecule has 0 saturated heterocycles. The summed E-state index contributed by atoms with van der Waals surface area (Å²) in [7, 11) is 0. The molecular formula is C13H22N2S. The summed E-state index contributed by atoms with van der Waals surface area (Å²) in [5.74, 6) is 0.918. The molecule has 0 spiro atoms. The Hall–Kier alpha value is -0.410. The van der Waals surface area contributed by atoms with Crippen molar-refractivity contribution in [2.24, 2.45) is 5.92 Å². The molecule has 0 aromatic carbocycles. The van der Waals surface area contributed by atoms with Crippen LogP contribution in [0, 0.1) is 5.92 Å². The zero-order chi connectivity index (χ0) is 11.6. The van der Waals surface area contributed by atoms with Gasteiger partial charge in [0.25, 0.3) is 0 Å². The van der Waals surface area contributed by atoms with Crippen molar-refractivity contribution in [2.45, 2.75) is 58.0 Å². The minimum Gasteiger partial charge on any atom is -0.303 e. The van der Waals surface area contributed by atoms with Gasteiger partial charge in [0, 0.05) is 17.6 Å². The Labute approximate surface area is 102 Å². The third-order valence-corrected chi connectivity index (χ3v) is 4.64. The molecule has 1 aromatic rings. The lowest BCUT2D eigenvalue weighted by Crippen LogP contribution is -2.45. The van der Waals surface area contributed by atoms with E-state index >= 15 is 0 Å². The highest BCUT2D eigenvalue weighted by Gasteiger charge is 2.28. The van der Waals surface area contributed by atoms with Crippen molar-refractivity contribution in [3.05, 3.63) is 16.6 Å². The molecule has 0 amide bonds. The van der Waals surface area contributed by atoms with E-state index in [1.807, 2.05) is 6.20 Å². The van der Waals surface area contributed by atoms with E-state index < -0.39 is 0 Å². The second kappa shape index (κ2) is 4.84. The van der Waals surface area contributed by atoms with Crippen LogP contribution in [0.5, 0.6) is 0 Å². The highest BCUT2D eigenvalue weighted by molar-refractivity contribution is 7.09. The van der Waals surface area contributed by atoms with Crippen LogP contribution in [0.3, 0.4) is 0 Å². The summed E-state index contributed by atoms with van der Waals surface area (Å²) >= 11 is 1.75. The molecule has 0 radical (unpaired) electrons. The first-order chi connectivity index (χ1) is 7.58. The molecule has 0 bridgehead atoms. The summed E-state index contributed by atoms with van der Waals surface area (Å²) in [4.78, 5) is 4.42. The summed E-state index contributed by atoms with van der Waals surface area (Å²) in [5, 5.41) is 7.02. The second-order valence-electron chi connectivity index (χ2n) is 5.56. The number of thiazole rings is 1. The van der Waals surface area contributed by atoms with Gasteiger partial charge >= 0.3 is 0 Å². The maximum absolute atomic E-state index is 4.42. The van der Waals surface area contributed by atoms with Gasteiger partial charge in [-0.2, -0.15) is 0 Å². The zero-order valence-electron chi connectivity index (χ0n) is 10.5. The topological polar surface area (TPSA) is 24.9 Å². The normalized spacial score (nSPS) is 26.9. The first kappa shape index (κ1) is 12.1. The minimum atomic E-state index is 0.0272. The fourth-order valence-corrected chi connectivity index (χ4v) is 3.23. The maximum Gasteiger partial charge on any atom is 0.112 e. The molecule has 0 unspecified atom stereocenters. The molecule has 0 aliphatic heterocycles. The fourth-order valence-electron chi connectivity index (χ4n) is 2.51. The van der Waals surface area contributed by atoms with Crippen molar-refractivity contribution in [1.82, 2.24) is 10.3 Å². The van der Waals surface area contributed by atoms with Crippen molar-refractivity contribution in [3.63, 3.8) is 0 Å². The lowest BCUT2D eigenvalue weighted by molar-refractivity contribution is 0.250. The third-order valence-electron chi connectivity index (χ3n) is 3.55. The largest absolute Gasteiger partial charge is 0.303 e. The molecule has 2 rings (SSSR count). The third kappa shape index (κ3) is 2.83. The van der Waals surface area contributed by atoms with Crippen LogP contribution in [0.25, 0.3) is 0 Å². The zero-order valence-corrected chi connectivity index (χ0v) is 11.3. The van der Waals surface area contributed by atoms with Gasteiger partial charge in [-0.3, -0.25) is 0 Å². The Morgan fingerprint density at radius 1 is 1.31 bits per heavy atom. The van der Waals surface area contributed by atoms with Crippen molar-refractivity contribution < 1.29 is 0 Å². The van der Waals surface area contributed by atoms with Gasteiger partial charge in [-0.1, -0.05) is 6.92 Å². The Bertz CT molecular complexity index is 311. The molecule has 1 aliphatic carbocycles. The fraction of sp³-hybridized carbons (Fsp3) is 0.769. The monoisotopic (exact) mass is 238 g/mol. The van der Waals surface area contributed by atoms with Crippen LogP contribution in [0.1, 0.15) is 51.5 Å². The molecular weight excluding hydrogens is 216 g/mol. The molecule has 1 N–H and O–H groups in total. The van der Waals surface area contributed by atoms with E-state index in [0.29, 0.717) is 6.04 Å². The Kier molecular flexibility index (Phi) is 3.65. The van der Waals surface area contributed by atoms with Crippen LogP contribution in [0.15, 0.2) is 11.6 Å². The molecule has 1 aliphatic rings. The molecule has 1 fully saturated rings. The molecule has 1 aromatic heterocycles. The van der Waals surface area contributed by atoms with Gasteiger partial charge in [0.05, 0.1) is 5.54 Å². The average Bonchev–Trinajstić information content (AvgIpc) is 2.75. The van der Waals surface area contributed by atoms with Crippen molar-refractivity contribution in [3.8, 4) is 0 Å². The lowest BCUT2D eigenvalue weighted by Gasteiger charge is -2.34. The van der Waals surface area contributed by atoms with E-state index in [0.717, 1.165) is 5.92 Å². The number of nitrogens with one attached hydrogen (secondary N) is 1. The molecule has 2 nitrogen and oxygen atoms in total. The smallest absolute Gasteiger partial charge is 0.112 e. The van der Waals surface area contributed by atoms with E-state index in [4.69, 9.17) is 0 Å². The van der Waals surface area contributed by atoms with Crippen LogP contribution in [-0.2, 0) is 5.54 Å². The second-order valence-corrected chi connectivity index (χ2v) is 6.46. The van der Waals surface area contributed by atoms with E-state index in [1.165, 1.54) is 30.7 Å². The molecule has 1 heterocycles. The van der Waals surface area contributed by atoms with Crippen LogP contribution < -0.4 is 5.32 Å². The summed E-state index contributed by atoms with van der Waals surface area (Å²) in [6, 6.07) is 0.676. The summed E-state index contributed by atoms with van der Waals surface area (Å²) in [6.45, 7) is 6.84. The van der Waals surface area contributed by atoms with Gasteiger partial charge in [0.15, 0.2) is 0 Å². The first-order valence-corrected chi connectivity index (χ1v) is 7.13. The van der Waals surface area contributed by atoms with Gasteiger partial charge in [-0.15, -0.1) is 11.3 Å². The standard InChI is InChI=1S/C13H22N2S/c1-10-4-6-11(7-5-10)15-13(2,3)12-14-8-9-16-12/h8-11,15H,4-7H2,1-3H3. The molecule has 0 atom stereocenters.